The number of fused-ring (bicyclic) bond motifs is 2. The Morgan fingerprint density at radius 1 is 0.833 bits per heavy atom. The molecule has 1 N–H and O–H groups in total. The molecule has 2 aromatic carbocycles. The van der Waals surface area contributed by atoms with Gasteiger partial charge in [-0.1, -0.05) is 24.3 Å². The van der Waals surface area contributed by atoms with E-state index in [1.54, 1.807) is 30.5 Å². The zero-order chi connectivity index (χ0) is 16.6. The molecule has 2 aromatic heterocycles. The lowest BCUT2D eigenvalue weighted by Gasteiger charge is -2.10. The second-order valence-electron chi connectivity index (χ2n) is 5.34. The van der Waals surface area contributed by atoms with Crippen molar-refractivity contribution in [2.24, 2.45) is 0 Å². The van der Waals surface area contributed by atoms with Gasteiger partial charge in [-0.25, -0.2) is 8.42 Å². The molecule has 0 saturated heterocycles. The second kappa shape index (κ2) is 5.58. The van der Waals surface area contributed by atoms with Crippen LogP contribution in [-0.4, -0.2) is 18.4 Å². The number of para-hydroxylation sites is 1. The van der Waals surface area contributed by atoms with E-state index in [4.69, 9.17) is 0 Å². The Morgan fingerprint density at radius 2 is 1.67 bits per heavy atom. The van der Waals surface area contributed by atoms with Crippen molar-refractivity contribution < 1.29 is 8.42 Å². The Balaban J connectivity index is 1.79. The van der Waals surface area contributed by atoms with Crippen molar-refractivity contribution in [3.8, 4) is 0 Å². The van der Waals surface area contributed by atoms with Crippen molar-refractivity contribution in [3.05, 3.63) is 73.1 Å². The standard InChI is InChI=1S/C18H13N3O2S/c22-24(23,14-11-13-5-1-2-7-16(13)20-12-14)21-18-9-3-8-17-15(18)6-4-10-19-17/h1-12,21H. The number of anilines is 1. The number of rotatable bonds is 3. The van der Waals surface area contributed by atoms with Gasteiger partial charge in [0, 0.05) is 23.2 Å². The van der Waals surface area contributed by atoms with Crippen molar-refractivity contribution in [1.82, 2.24) is 9.97 Å². The van der Waals surface area contributed by atoms with Crippen LogP contribution in [0.25, 0.3) is 21.8 Å². The van der Waals surface area contributed by atoms with Gasteiger partial charge in [0.1, 0.15) is 4.90 Å². The molecule has 0 aliphatic heterocycles. The molecule has 2 heterocycles. The normalized spacial score (nSPS) is 11.7. The lowest BCUT2D eigenvalue weighted by atomic mass is 10.2. The summed E-state index contributed by atoms with van der Waals surface area (Å²) in [5.41, 5.74) is 1.98. The summed E-state index contributed by atoms with van der Waals surface area (Å²) < 4.78 is 28.1. The van der Waals surface area contributed by atoms with Gasteiger partial charge >= 0.3 is 0 Å². The Bertz CT molecular complexity index is 1150. The average Bonchev–Trinajstić information content (AvgIpc) is 2.61. The molecular formula is C18H13N3O2S. The molecule has 5 nitrogen and oxygen atoms in total. The molecule has 118 valence electrons. The van der Waals surface area contributed by atoms with Crippen molar-refractivity contribution in [3.63, 3.8) is 0 Å². The molecule has 4 aromatic rings. The highest BCUT2D eigenvalue weighted by atomic mass is 32.2. The third kappa shape index (κ3) is 2.57. The van der Waals surface area contributed by atoms with Gasteiger partial charge in [-0.15, -0.1) is 0 Å². The molecule has 0 fully saturated rings. The van der Waals surface area contributed by atoms with Gasteiger partial charge in [-0.3, -0.25) is 14.7 Å². The first-order chi connectivity index (χ1) is 11.6. The van der Waals surface area contributed by atoms with Crippen molar-refractivity contribution in [2.45, 2.75) is 4.90 Å². The molecular weight excluding hydrogens is 322 g/mol. The SMILES string of the molecule is O=S(=O)(Nc1cccc2ncccc12)c1cnc2ccccc2c1. The first-order valence-corrected chi connectivity index (χ1v) is 8.83. The van der Waals surface area contributed by atoms with Gasteiger partial charge in [0.15, 0.2) is 0 Å². The largest absolute Gasteiger partial charge is 0.279 e. The van der Waals surface area contributed by atoms with Crippen molar-refractivity contribution >= 4 is 37.5 Å². The number of benzene rings is 2. The summed E-state index contributed by atoms with van der Waals surface area (Å²) >= 11 is 0. The van der Waals surface area contributed by atoms with Gasteiger partial charge in [-0.2, -0.15) is 0 Å². The summed E-state index contributed by atoms with van der Waals surface area (Å²) in [5, 5.41) is 1.53. The van der Waals surface area contributed by atoms with Crippen LogP contribution in [-0.2, 0) is 10.0 Å². The Hall–Kier alpha value is -2.99. The topological polar surface area (TPSA) is 72.0 Å². The van der Waals surface area contributed by atoms with E-state index < -0.39 is 10.0 Å². The van der Waals surface area contributed by atoms with E-state index in [1.165, 1.54) is 6.20 Å². The molecule has 0 spiro atoms. The van der Waals surface area contributed by atoms with Gasteiger partial charge < -0.3 is 0 Å². The molecule has 24 heavy (non-hydrogen) atoms. The molecule has 0 radical (unpaired) electrons. The summed E-state index contributed by atoms with van der Waals surface area (Å²) in [6.45, 7) is 0. The zero-order valence-electron chi connectivity index (χ0n) is 12.5. The lowest BCUT2D eigenvalue weighted by molar-refractivity contribution is 0.601. The minimum atomic E-state index is -3.74. The van der Waals surface area contributed by atoms with Crippen LogP contribution in [0, 0.1) is 0 Å². The first-order valence-electron chi connectivity index (χ1n) is 7.35. The Kier molecular flexibility index (Phi) is 3.39. The van der Waals surface area contributed by atoms with Gasteiger partial charge in [0.25, 0.3) is 10.0 Å². The Labute approximate surface area is 139 Å². The van der Waals surface area contributed by atoms with Crippen molar-refractivity contribution in [1.29, 1.82) is 0 Å². The number of pyridine rings is 2. The third-order valence-corrected chi connectivity index (χ3v) is 5.10. The van der Waals surface area contributed by atoms with E-state index in [1.807, 2.05) is 36.4 Å². The van der Waals surface area contributed by atoms with Crippen LogP contribution in [0.15, 0.2) is 78.0 Å². The number of sulfonamides is 1. The van der Waals surface area contributed by atoms with E-state index in [-0.39, 0.29) is 4.90 Å². The predicted octanol–water partition coefficient (Wildman–Crippen LogP) is 3.58. The maximum absolute atomic E-state index is 12.7. The van der Waals surface area contributed by atoms with E-state index in [2.05, 4.69) is 14.7 Å². The van der Waals surface area contributed by atoms with Crippen LogP contribution < -0.4 is 4.72 Å². The molecule has 0 aliphatic carbocycles. The summed E-state index contributed by atoms with van der Waals surface area (Å²) in [6, 6.07) is 17.9. The highest BCUT2D eigenvalue weighted by molar-refractivity contribution is 7.92. The molecule has 0 aliphatic rings. The van der Waals surface area contributed by atoms with Gasteiger partial charge in [-0.05, 0) is 36.4 Å². The van der Waals surface area contributed by atoms with Gasteiger partial charge in [0.05, 0.1) is 16.7 Å². The lowest BCUT2D eigenvalue weighted by Crippen LogP contribution is -2.13. The van der Waals surface area contributed by atoms with E-state index in [0.717, 1.165) is 21.8 Å². The quantitative estimate of drug-likeness (QED) is 0.621. The fourth-order valence-electron chi connectivity index (χ4n) is 2.59. The Morgan fingerprint density at radius 3 is 2.58 bits per heavy atom. The van der Waals surface area contributed by atoms with Crippen LogP contribution in [0.2, 0.25) is 0 Å². The van der Waals surface area contributed by atoms with E-state index in [9.17, 15) is 8.42 Å². The fraction of sp³-hybridized carbons (Fsp3) is 0. The molecule has 0 saturated carbocycles. The zero-order valence-corrected chi connectivity index (χ0v) is 13.4. The van der Waals surface area contributed by atoms with Crippen LogP contribution in [0.1, 0.15) is 0 Å². The maximum Gasteiger partial charge on any atom is 0.263 e. The van der Waals surface area contributed by atoms with Crippen LogP contribution in [0.4, 0.5) is 5.69 Å². The molecule has 0 amide bonds. The maximum atomic E-state index is 12.7. The van der Waals surface area contributed by atoms with E-state index >= 15 is 0 Å². The highest BCUT2D eigenvalue weighted by Gasteiger charge is 2.16. The summed E-state index contributed by atoms with van der Waals surface area (Å²) in [7, 11) is -3.74. The summed E-state index contributed by atoms with van der Waals surface area (Å²) in [6.07, 6.45) is 3.04. The number of nitrogens with zero attached hydrogens (tertiary/aromatic N) is 2. The van der Waals surface area contributed by atoms with Crippen molar-refractivity contribution in [2.75, 3.05) is 4.72 Å². The number of aromatic nitrogens is 2. The number of nitrogens with one attached hydrogen (secondary N) is 1. The minimum absolute atomic E-state index is 0.127. The molecule has 4 rings (SSSR count). The summed E-state index contributed by atoms with van der Waals surface area (Å²) in [4.78, 5) is 8.59. The monoisotopic (exact) mass is 335 g/mol. The predicted molar refractivity (Wildman–Crippen MR) is 94.3 cm³/mol. The first kappa shape index (κ1) is 14.6. The third-order valence-electron chi connectivity index (χ3n) is 3.77. The minimum Gasteiger partial charge on any atom is -0.279 e. The summed E-state index contributed by atoms with van der Waals surface area (Å²) in [5.74, 6) is 0. The van der Waals surface area contributed by atoms with Crippen LogP contribution >= 0.6 is 0 Å². The van der Waals surface area contributed by atoms with Gasteiger partial charge in [0.2, 0.25) is 0 Å². The molecule has 0 bridgehead atoms. The van der Waals surface area contributed by atoms with E-state index in [0.29, 0.717) is 5.69 Å². The molecule has 0 unspecified atom stereocenters. The van der Waals surface area contributed by atoms with Crippen LogP contribution in [0.5, 0.6) is 0 Å². The highest BCUT2D eigenvalue weighted by Crippen LogP contribution is 2.25. The second-order valence-corrected chi connectivity index (χ2v) is 7.03. The molecule has 6 heteroatoms. The average molecular weight is 335 g/mol. The van der Waals surface area contributed by atoms with Crippen LogP contribution in [0.3, 0.4) is 0 Å². The molecule has 0 atom stereocenters. The number of hydrogen-bond donors (Lipinski definition) is 1. The smallest absolute Gasteiger partial charge is 0.263 e. The fourth-order valence-corrected chi connectivity index (χ4v) is 3.65. The number of hydrogen-bond acceptors (Lipinski definition) is 4.